The Kier molecular flexibility index (Phi) is 4.82. The minimum Gasteiger partial charge on any atom is -0.497 e. The second kappa shape index (κ2) is 6.13. The van der Waals surface area contributed by atoms with Crippen LogP contribution >= 0.6 is 0 Å². The van der Waals surface area contributed by atoms with E-state index in [-0.39, 0.29) is 0 Å². The van der Waals surface area contributed by atoms with Crippen LogP contribution in [0.1, 0.15) is 18.9 Å². The molecule has 1 aromatic rings. The summed E-state index contributed by atoms with van der Waals surface area (Å²) in [5.74, 6) is 0.236. The Bertz CT molecular complexity index is 387. The maximum Gasteiger partial charge on any atom is 0.306 e. The second-order valence-electron chi connectivity index (χ2n) is 3.83. The first-order valence-corrected chi connectivity index (χ1v) is 5.56. The summed E-state index contributed by atoms with van der Waals surface area (Å²) >= 11 is 0. The third kappa shape index (κ3) is 3.37. The van der Waals surface area contributed by atoms with Crippen molar-refractivity contribution >= 4 is 5.97 Å². The van der Waals surface area contributed by atoms with Gasteiger partial charge in [0.05, 0.1) is 20.1 Å². The second-order valence-corrected chi connectivity index (χ2v) is 3.83. The zero-order valence-corrected chi connectivity index (χ0v) is 10.4. The van der Waals surface area contributed by atoms with E-state index in [4.69, 9.17) is 14.6 Å². The Labute approximate surface area is 101 Å². The Morgan fingerprint density at radius 1 is 1.35 bits per heavy atom. The van der Waals surface area contributed by atoms with Crippen molar-refractivity contribution in [3.8, 4) is 11.5 Å². The fourth-order valence-electron chi connectivity index (χ4n) is 1.71. The van der Waals surface area contributed by atoms with E-state index in [1.807, 2.05) is 13.0 Å². The van der Waals surface area contributed by atoms with E-state index in [9.17, 15) is 4.79 Å². The van der Waals surface area contributed by atoms with Crippen molar-refractivity contribution in [3.05, 3.63) is 23.8 Å². The normalized spacial score (nSPS) is 11.9. The fourth-order valence-corrected chi connectivity index (χ4v) is 1.71. The summed E-state index contributed by atoms with van der Waals surface area (Å²) in [6, 6.07) is 5.41. The summed E-state index contributed by atoms with van der Waals surface area (Å²) < 4.78 is 10.3. The molecule has 0 spiro atoms. The first kappa shape index (κ1) is 13.4. The number of hydrogen-bond donors (Lipinski definition) is 1. The van der Waals surface area contributed by atoms with Crippen molar-refractivity contribution in [2.24, 2.45) is 5.92 Å². The lowest BCUT2D eigenvalue weighted by molar-refractivity contribution is -0.141. The molecule has 0 aliphatic rings. The third-order valence-electron chi connectivity index (χ3n) is 2.80. The molecule has 0 aliphatic carbocycles. The summed E-state index contributed by atoms with van der Waals surface area (Å²) in [6.45, 7) is 1.87. The number of aliphatic carboxylic acids is 1. The number of ether oxygens (including phenoxy) is 2. The molecular weight excluding hydrogens is 220 g/mol. The van der Waals surface area contributed by atoms with Gasteiger partial charge in [-0.1, -0.05) is 6.92 Å². The Hall–Kier alpha value is -1.71. The van der Waals surface area contributed by atoms with E-state index in [1.165, 1.54) is 0 Å². The number of hydrogen-bond acceptors (Lipinski definition) is 3. The van der Waals surface area contributed by atoms with Crippen molar-refractivity contribution in [2.75, 3.05) is 14.2 Å². The molecule has 17 heavy (non-hydrogen) atoms. The molecule has 0 bridgehead atoms. The summed E-state index contributed by atoms with van der Waals surface area (Å²) in [7, 11) is 3.16. The molecule has 0 saturated carbocycles. The monoisotopic (exact) mass is 238 g/mol. The Balaban J connectivity index is 2.97. The van der Waals surface area contributed by atoms with Gasteiger partial charge in [0.25, 0.3) is 0 Å². The van der Waals surface area contributed by atoms with Crippen LogP contribution in [0.15, 0.2) is 18.2 Å². The largest absolute Gasteiger partial charge is 0.497 e. The van der Waals surface area contributed by atoms with Gasteiger partial charge in [-0.05, 0) is 36.6 Å². The van der Waals surface area contributed by atoms with Crippen LogP contribution in [0.5, 0.6) is 11.5 Å². The highest BCUT2D eigenvalue weighted by molar-refractivity contribution is 5.70. The molecule has 4 heteroatoms. The molecule has 0 fully saturated rings. The molecule has 4 nitrogen and oxygen atoms in total. The lowest BCUT2D eigenvalue weighted by Crippen LogP contribution is -2.15. The maximum atomic E-state index is 11.0. The van der Waals surface area contributed by atoms with Gasteiger partial charge in [0.15, 0.2) is 0 Å². The van der Waals surface area contributed by atoms with Gasteiger partial charge in [0.2, 0.25) is 0 Å². The molecular formula is C13H18O4. The molecule has 0 amide bonds. The molecule has 0 heterocycles. The zero-order chi connectivity index (χ0) is 12.8. The molecule has 1 unspecified atom stereocenters. The number of rotatable bonds is 6. The van der Waals surface area contributed by atoms with Gasteiger partial charge in [-0.25, -0.2) is 0 Å². The molecule has 0 saturated heterocycles. The highest BCUT2D eigenvalue weighted by atomic mass is 16.5. The minimum atomic E-state index is -0.780. The van der Waals surface area contributed by atoms with E-state index in [0.29, 0.717) is 24.3 Å². The van der Waals surface area contributed by atoms with Crippen LogP contribution in [0.25, 0.3) is 0 Å². The van der Waals surface area contributed by atoms with Gasteiger partial charge in [-0.15, -0.1) is 0 Å². The minimum absolute atomic E-state index is 0.393. The highest BCUT2D eigenvalue weighted by Crippen LogP contribution is 2.27. The van der Waals surface area contributed by atoms with Gasteiger partial charge < -0.3 is 14.6 Å². The standard InChI is InChI=1S/C13H18O4/c1-4-9(13(14)15)7-10-8-11(16-2)5-6-12(10)17-3/h5-6,8-9H,4,7H2,1-3H3,(H,14,15). The van der Waals surface area contributed by atoms with Crippen LogP contribution in [0.4, 0.5) is 0 Å². The zero-order valence-electron chi connectivity index (χ0n) is 10.4. The van der Waals surface area contributed by atoms with E-state index in [0.717, 1.165) is 5.56 Å². The van der Waals surface area contributed by atoms with Crippen LogP contribution in [0, 0.1) is 5.92 Å². The SMILES string of the molecule is CCC(Cc1cc(OC)ccc1OC)C(=O)O. The summed E-state index contributed by atoms with van der Waals surface area (Å²) in [6.07, 6.45) is 1.04. The molecule has 1 rings (SSSR count). The number of carboxylic acid groups (broad SMARTS) is 1. The van der Waals surface area contributed by atoms with Gasteiger partial charge in [-0.2, -0.15) is 0 Å². The molecule has 0 aromatic heterocycles. The molecule has 1 atom stereocenters. The van der Waals surface area contributed by atoms with Crippen molar-refractivity contribution in [2.45, 2.75) is 19.8 Å². The Morgan fingerprint density at radius 2 is 2.06 bits per heavy atom. The number of methoxy groups -OCH3 is 2. The van der Waals surface area contributed by atoms with Gasteiger partial charge in [0, 0.05) is 0 Å². The van der Waals surface area contributed by atoms with Gasteiger partial charge in [-0.3, -0.25) is 4.79 Å². The first-order valence-electron chi connectivity index (χ1n) is 5.56. The predicted octanol–water partition coefficient (Wildman–Crippen LogP) is 2.36. The van der Waals surface area contributed by atoms with Gasteiger partial charge >= 0.3 is 5.97 Å². The Morgan fingerprint density at radius 3 is 2.53 bits per heavy atom. The van der Waals surface area contributed by atoms with E-state index in [2.05, 4.69) is 0 Å². The first-order chi connectivity index (χ1) is 8.12. The van der Waals surface area contributed by atoms with Crippen LogP contribution in [0.2, 0.25) is 0 Å². The predicted molar refractivity (Wildman–Crippen MR) is 64.7 cm³/mol. The average molecular weight is 238 g/mol. The summed E-state index contributed by atoms with van der Waals surface area (Å²) in [5, 5.41) is 9.05. The molecule has 1 N–H and O–H groups in total. The van der Waals surface area contributed by atoms with E-state index >= 15 is 0 Å². The molecule has 1 aromatic carbocycles. The molecule has 0 radical (unpaired) electrons. The molecule has 94 valence electrons. The van der Waals surface area contributed by atoms with Crippen molar-refractivity contribution in [1.82, 2.24) is 0 Å². The number of benzene rings is 1. The van der Waals surface area contributed by atoms with Crippen molar-refractivity contribution in [1.29, 1.82) is 0 Å². The molecule has 0 aliphatic heterocycles. The average Bonchev–Trinajstić information content (AvgIpc) is 2.35. The van der Waals surface area contributed by atoms with Crippen molar-refractivity contribution in [3.63, 3.8) is 0 Å². The lowest BCUT2D eigenvalue weighted by atomic mass is 9.96. The lowest BCUT2D eigenvalue weighted by Gasteiger charge is -2.14. The van der Waals surface area contributed by atoms with Crippen LogP contribution < -0.4 is 9.47 Å². The van der Waals surface area contributed by atoms with Crippen LogP contribution in [-0.2, 0) is 11.2 Å². The number of carbonyl (C=O) groups is 1. The van der Waals surface area contributed by atoms with Crippen LogP contribution in [0.3, 0.4) is 0 Å². The quantitative estimate of drug-likeness (QED) is 0.826. The number of carboxylic acids is 1. The van der Waals surface area contributed by atoms with Crippen LogP contribution in [-0.4, -0.2) is 25.3 Å². The maximum absolute atomic E-state index is 11.0. The fraction of sp³-hybridized carbons (Fsp3) is 0.462. The highest BCUT2D eigenvalue weighted by Gasteiger charge is 2.18. The topological polar surface area (TPSA) is 55.8 Å². The summed E-state index contributed by atoms with van der Waals surface area (Å²) in [5.41, 5.74) is 0.862. The smallest absolute Gasteiger partial charge is 0.306 e. The summed E-state index contributed by atoms with van der Waals surface area (Å²) in [4.78, 5) is 11.0. The van der Waals surface area contributed by atoms with Crippen molar-refractivity contribution < 1.29 is 19.4 Å². The van der Waals surface area contributed by atoms with E-state index in [1.54, 1.807) is 26.4 Å². The van der Waals surface area contributed by atoms with Gasteiger partial charge in [0.1, 0.15) is 11.5 Å². The van der Waals surface area contributed by atoms with E-state index < -0.39 is 11.9 Å². The third-order valence-corrected chi connectivity index (χ3v) is 2.80.